The molecule has 2 aromatic rings. The van der Waals surface area contributed by atoms with Crippen molar-refractivity contribution in [2.24, 2.45) is 0 Å². The molecular weight excluding hydrogens is 260 g/mol. The van der Waals surface area contributed by atoms with Gasteiger partial charge in [-0.3, -0.25) is 0 Å². The van der Waals surface area contributed by atoms with Gasteiger partial charge in [-0.25, -0.2) is 0 Å². The molecule has 14 heavy (non-hydrogen) atoms. The summed E-state index contributed by atoms with van der Waals surface area (Å²) in [6.07, 6.45) is 2.84. The van der Waals surface area contributed by atoms with Crippen LogP contribution in [0.4, 0.5) is 0 Å². The van der Waals surface area contributed by atoms with Crippen molar-refractivity contribution < 1.29 is 4.42 Å². The molecule has 74 valence electrons. The second-order valence-electron chi connectivity index (χ2n) is 3.29. The molecule has 2 rings (SSSR count). The van der Waals surface area contributed by atoms with Gasteiger partial charge in [0, 0.05) is 10.4 Å². The van der Waals surface area contributed by atoms with E-state index >= 15 is 0 Å². The van der Waals surface area contributed by atoms with Gasteiger partial charge >= 0.3 is 0 Å². The summed E-state index contributed by atoms with van der Waals surface area (Å²) in [5.74, 6) is 0.967. The van der Waals surface area contributed by atoms with E-state index in [4.69, 9.17) is 4.42 Å². The molecule has 1 unspecified atom stereocenters. The molecule has 0 spiro atoms. The SMILES string of the molecule is Cc1cc(C(Br)Cc2ccsc2)co1. The van der Waals surface area contributed by atoms with Crippen molar-refractivity contribution in [3.8, 4) is 0 Å². The van der Waals surface area contributed by atoms with Crippen LogP contribution in [0.2, 0.25) is 0 Å². The van der Waals surface area contributed by atoms with E-state index in [2.05, 4.69) is 38.8 Å². The minimum atomic E-state index is 0.356. The number of aryl methyl sites for hydroxylation is 1. The zero-order valence-corrected chi connectivity index (χ0v) is 10.3. The number of rotatable bonds is 3. The van der Waals surface area contributed by atoms with Gasteiger partial charge in [0.05, 0.1) is 6.26 Å². The Bertz CT molecular complexity index is 391. The molecule has 1 nitrogen and oxygen atoms in total. The molecule has 0 amide bonds. The predicted octanol–water partition coefficient (Wildman–Crippen LogP) is 4.33. The van der Waals surface area contributed by atoms with Crippen molar-refractivity contribution in [3.05, 3.63) is 46.0 Å². The Hall–Kier alpha value is -0.540. The second kappa shape index (κ2) is 4.32. The van der Waals surface area contributed by atoms with Crippen LogP contribution in [0.25, 0.3) is 0 Å². The maximum Gasteiger partial charge on any atom is 0.101 e. The lowest BCUT2D eigenvalue weighted by atomic mass is 10.1. The van der Waals surface area contributed by atoms with E-state index in [9.17, 15) is 0 Å². The van der Waals surface area contributed by atoms with Gasteiger partial charge in [-0.05, 0) is 41.8 Å². The molecule has 0 aliphatic carbocycles. The Balaban J connectivity index is 2.06. The van der Waals surface area contributed by atoms with E-state index in [0.717, 1.165) is 12.2 Å². The second-order valence-corrected chi connectivity index (χ2v) is 5.18. The van der Waals surface area contributed by atoms with E-state index in [-0.39, 0.29) is 0 Å². The molecule has 0 fully saturated rings. The van der Waals surface area contributed by atoms with Gasteiger partial charge in [0.1, 0.15) is 5.76 Å². The maximum atomic E-state index is 5.28. The molecular formula is C11H11BrOS. The third kappa shape index (κ3) is 2.28. The largest absolute Gasteiger partial charge is 0.469 e. The first-order valence-corrected chi connectivity index (χ1v) is 6.32. The lowest BCUT2D eigenvalue weighted by molar-refractivity contribution is 0.531. The molecule has 0 N–H and O–H groups in total. The summed E-state index contributed by atoms with van der Waals surface area (Å²) >= 11 is 5.40. The quantitative estimate of drug-likeness (QED) is 0.757. The first kappa shape index (κ1) is 9.99. The number of halogens is 1. The van der Waals surface area contributed by atoms with Crippen LogP contribution in [0.15, 0.2) is 33.6 Å². The zero-order valence-electron chi connectivity index (χ0n) is 7.87. The van der Waals surface area contributed by atoms with Gasteiger partial charge in [-0.1, -0.05) is 15.9 Å². The highest BCUT2D eigenvalue weighted by atomic mass is 79.9. The average Bonchev–Trinajstić information content (AvgIpc) is 2.75. The number of alkyl halides is 1. The van der Waals surface area contributed by atoms with Crippen LogP contribution in [-0.4, -0.2) is 0 Å². The van der Waals surface area contributed by atoms with Crippen LogP contribution in [0.1, 0.15) is 21.7 Å². The Morgan fingerprint density at radius 3 is 3.00 bits per heavy atom. The smallest absolute Gasteiger partial charge is 0.101 e. The highest BCUT2D eigenvalue weighted by molar-refractivity contribution is 9.09. The minimum Gasteiger partial charge on any atom is -0.469 e. The monoisotopic (exact) mass is 270 g/mol. The summed E-state index contributed by atoms with van der Waals surface area (Å²) in [5.41, 5.74) is 2.59. The molecule has 0 aliphatic heterocycles. The number of furan rings is 1. The van der Waals surface area contributed by atoms with E-state index in [1.807, 2.05) is 13.2 Å². The van der Waals surface area contributed by atoms with Crippen molar-refractivity contribution in [2.45, 2.75) is 18.2 Å². The lowest BCUT2D eigenvalue weighted by Gasteiger charge is -2.04. The van der Waals surface area contributed by atoms with Crippen molar-refractivity contribution in [2.75, 3.05) is 0 Å². The fourth-order valence-corrected chi connectivity index (χ4v) is 2.66. The summed E-state index contributed by atoms with van der Waals surface area (Å²) in [7, 11) is 0. The highest BCUT2D eigenvalue weighted by Crippen LogP contribution is 2.28. The fraction of sp³-hybridized carbons (Fsp3) is 0.273. The molecule has 0 radical (unpaired) electrons. The van der Waals surface area contributed by atoms with Crippen molar-refractivity contribution in [1.29, 1.82) is 0 Å². The fourth-order valence-electron chi connectivity index (χ4n) is 1.36. The molecule has 0 aliphatic rings. The van der Waals surface area contributed by atoms with Crippen LogP contribution in [0.3, 0.4) is 0 Å². The molecule has 1 atom stereocenters. The summed E-state index contributed by atoms with van der Waals surface area (Å²) < 4.78 is 5.28. The van der Waals surface area contributed by atoms with Gasteiger partial charge in [0.15, 0.2) is 0 Å². The molecule has 2 aromatic heterocycles. The van der Waals surface area contributed by atoms with Gasteiger partial charge in [-0.2, -0.15) is 11.3 Å². The molecule has 3 heteroatoms. The number of thiophene rings is 1. The van der Waals surface area contributed by atoms with Crippen LogP contribution < -0.4 is 0 Å². The highest BCUT2D eigenvalue weighted by Gasteiger charge is 2.10. The van der Waals surface area contributed by atoms with Gasteiger partial charge in [0.2, 0.25) is 0 Å². The first-order valence-electron chi connectivity index (χ1n) is 4.46. The summed E-state index contributed by atoms with van der Waals surface area (Å²) in [6, 6.07) is 4.23. The molecule has 0 saturated carbocycles. The zero-order chi connectivity index (χ0) is 9.97. The summed E-state index contributed by atoms with van der Waals surface area (Å²) in [4.78, 5) is 0.356. The van der Waals surface area contributed by atoms with Crippen molar-refractivity contribution in [1.82, 2.24) is 0 Å². The van der Waals surface area contributed by atoms with E-state index in [1.165, 1.54) is 11.1 Å². The van der Waals surface area contributed by atoms with Crippen LogP contribution in [0, 0.1) is 6.92 Å². The lowest BCUT2D eigenvalue weighted by Crippen LogP contribution is -1.91. The summed E-state index contributed by atoms with van der Waals surface area (Å²) in [6.45, 7) is 1.97. The normalized spacial score (nSPS) is 13.0. The van der Waals surface area contributed by atoms with Crippen LogP contribution >= 0.6 is 27.3 Å². The van der Waals surface area contributed by atoms with E-state index in [0.29, 0.717) is 4.83 Å². The maximum absolute atomic E-state index is 5.28. The third-order valence-electron chi connectivity index (χ3n) is 2.11. The Morgan fingerprint density at radius 1 is 1.57 bits per heavy atom. The van der Waals surface area contributed by atoms with Gasteiger partial charge in [0.25, 0.3) is 0 Å². The molecule has 2 heterocycles. The topological polar surface area (TPSA) is 13.1 Å². The van der Waals surface area contributed by atoms with Crippen molar-refractivity contribution in [3.63, 3.8) is 0 Å². The summed E-state index contributed by atoms with van der Waals surface area (Å²) in [5, 5.41) is 4.29. The van der Waals surface area contributed by atoms with Crippen LogP contribution in [0.5, 0.6) is 0 Å². The number of hydrogen-bond acceptors (Lipinski definition) is 2. The Labute approximate surface area is 95.9 Å². The third-order valence-corrected chi connectivity index (χ3v) is 3.69. The van der Waals surface area contributed by atoms with Crippen LogP contribution in [-0.2, 0) is 6.42 Å². The minimum absolute atomic E-state index is 0.356. The molecule has 0 saturated heterocycles. The standard InChI is InChI=1S/C11H11BrOS/c1-8-4-10(6-13-8)11(12)5-9-2-3-14-7-9/h2-4,6-7,11H,5H2,1H3. The van der Waals surface area contributed by atoms with E-state index < -0.39 is 0 Å². The van der Waals surface area contributed by atoms with Gasteiger partial charge < -0.3 is 4.42 Å². The van der Waals surface area contributed by atoms with E-state index in [1.54, 1.807) is 11.3 Å². The Kier molecular flexibility index (Phi) is 3.08. The van der Waals surface area contributed by atoms with Crippen molar-refractivity contribution >= 4 is 27.3 Å². The first-order chi connectivity index (χ1) is 6.75. The molecule has 0 bridgehead atoms. The molecule has 0 aromatic carbocycles. The van der Waals surface area contributed by atoms with Gasteiger partial charge in [-0.15, -0.1) is 0 Å². The number of hydrogen-bond donors (Lipinski definition) is 0. The Morgan fingerprint density at radius 2 is 2.43 bits per heavy atom. The predicted molar refractivity (Wildman–Crippen MR) is 63.1 cm³/mol. The average molecular weight is 271 g/mol.